The van der Waals surface area contributed by atoms with Gasteiger partial charge in [0.05, 0.1) is 5.56 Å². The summed E-state index contributed by atoms with van der Waals surface area (Å²) in [5, 5.41) is 0. The zero-order valence-electron chi connectivity index (χ0n) is 23.0. The average Bonchev–Trinajstić information content (AvgIpc) is 2.93. The highest BCUT2D eigenvalue weighted by Crippen LogP contribution is 2.16. The van der Waals surface area contributed by atoms with Crippen molar-refractivity contribution in [2.75, 3.05) is 0 Å². The fourth-order valence-corrected chi connectivity index (χ4v) is 4.42. The van der Waals surface area contributed by atoms with Gasteiger partial charge in [-0.15, -0.1) is 0 Å². The highest BCUT2D eigenvalue weighted by Gasteiger charge is 2.08. The second-order valence-electron chi connectivity index (χ2n) is 10.0. The molecule has 0 nitrogen and oxygen atoms in total. The van der Waals surface area contributed by atoms with E-state index in [0.717, 1.165) is 24.0 Å². The van der Waals surface area contributed by atoms with Gasteiger partial charge in [0.15, 0.2) is 0 Å². The molecule has 0 aliphatic rings. The Labute approximate surface area is 228 Å². The van der Waals surface area contributed by atoms with Crippen LogP contribution in [0.15, 0.2) is 60.7 Å². The molecule has 0 N–H and O–H groups in total. The lowest BCUT2D eigenvalue weighted by Crippen LogP contribution is -1.93. The second kappa shape index (κ2) is 16.5. The van der Waals surface area contributed by atoms with Crippen LogP contribution >= 0.6 is 0 Å². The van der Waals surface area contributed by atoms with E-state index in [1.54, 1.807) is 0 Å². The number of hydrogen-bond donors (Lipinski definition) is 0. The molecule has 38 heavy (non-hydrogen) atoms. The maximum atomic E-state index is 14.7. The maximum Gasteiger partial charge on any atom is 0.143 e. The number of unbranched alkanes of at least 4 members (excludes halogenated alkanes) is 8. The summed E-state index contributed by atoms with van der Waals surface area (Å²) in [5.74, 6) is 10.1. The third kappa shape index (κ3) is 10.2. The van der Waals surface area contributed by atoms with Crippen LogP contribution in [0.2, 0.25) is 0 Å². The van der Waals surface area contributed by atoms with Crippen molar-refractivity contribution in [3.05, 3.63) is 106 Å². The molecule has 0 aliphatic heterocycles. The highest BCUT2D eigenvalue weighted by atomic mass is 19.1. The molecule has 0 amide bonds. The summed E-state index contributed by atoms with van der Waals surface area (Å²) < 4.78 is 29.3. The number of hydrogen-bond acceptors (Lipinski definition) is 0. The summed E-state index contributed by atoms with van der Waals surface area (Å²) in [5.41, 5.74) is 4.21. The second-order valence-corrected chi connectivity index (χ2v) is 10.0. The first-order valence-electron chi connectivity index (χ1n) is 14.3. The standard InChI is InChI=1S/C36H40F2/c1-3-5-7-9-10-12-14-30-15-19-31(20-16-30)23-24-33-27-35(37)34(36(38)28-33)26-25-32-21-17-29(18-22-32)13-11-8-6-4-2/h15-22,27-28H,3-14H2,1-2H3. The first-order chi connectivity index (χ1) is 18.6. The Balaban J connectivity index is 1.57. The molecule has 0 atom stereocenters. The van der Waals surface area contributed by atoms with Crippen LogP contribution < -0.4 is 0 Å². The van der Waals surface area contributed by atoms with Gasteiger partial charge >= 0.3 is 0 Å². The van der Waals surface area contributed by atoms with Gasteiger partial charge in [-0.3, -0.25) is 0 Å². The van der Waals surface area contributed by atoms with Crippen molar-refractivity contribution >= 4 is 0 Å². The van der Waals surface area contributed by atoms with Gasteiger partial charge in [0.25, 0.3) is 0 Å². The molecule has 0 aliphatic carbocycles. The van der Waals surface area contributed by atoms with Crippen LogP contribution in [0, 0.1) is 35.3 Å². The monoisotopic (exact) mass is 510 g/mol. The first-order valence-corrected chi connectivity index (χ1v) is 14.3. The number of aryl methyl sites for hydroxylation is 2. The lowest BCUT2D eigenvalue weighted by atomic mass is 10.0. The Bertz CT molecular complexity index is 1220. The molecule has 3 aromatic rings. The lowest BCUT2D eigenvalue weighted by molar-refractivity contribution is 0.577. The SMILES string of the molecule is CCCCCCCCc1ccc(C#Cc2cc(F)c(C#Cc3ccc(CCCCCC)cc3)c(F)c2)cc1. The van der Waals surface area contributed by atoms with Gasteiger partial charge < -0.3 is 0 Å². The van der Waals surface area contributed by atoms with E-state index < -0.39 is 11.6 Å². The van der Waals surface area contributed by atoms with Gasteiger partial charge in [0.2, 0.25) is 0 Å². The first kappa shape index (κ1) is 29.2. The van der Waals surface area contributed by atoms with E-state index in [0.29, 0.717) is 5.56 Å². The third-order valence-electron chi connectivity index (χ3n) is 6.77. The smallest absolute Gasteiger partial charge is 0.143 e. The van der Waals surface area contributed by atoms with Crippen LogP contribution in [-0.4, -0.2) is 0 Å². The summed E-state index contributed by atoms with van der Waals surface area (Å²) in [6.45, 7) is 4.44. The van der Waals surface area contributed by atoms with E-state index in [-0.39, 0.29) is 5.56 Å². The Morgan fingerprint density at radius 2 is 0.868 bits per heavy atom. The fraction of sp³-hybridized carbons (Fsp3) is 0.389. The van der Waals surface area contributed by atoms with Gasteiger partial charge in [0, 0.05) is 16.7 Å². The summed E-state index contributed by atoms with van der Waals surface area (Å²) in [6.07, 6.45) is 14.7. The molecule has 0 radical (unpaired) electrons. The van der Waals surface area contributed by atoms with Crippen molar-refractivity contribution in [2.45, 2.75) is 90.9 Å². The van der Waals surface area contributed by atoms with Crippen molar-refractivity contribution < 1.29 is 8.78 Å². The van der Waals surface area contributed by atoms with Crippen LogP contribution in [0.5, 0.6) is 0 Å². The Hall–Kier alpha value is -3.36. The molecule has 0 saturated heterocycles. The number of benzene rings is 3. The average molecular weight is 511 g/mol. The predicted octanol–water partition coefficient (Wildman–Crippen LogP) is 9.79. The van der Waals surface area contributed by atoms with Crippen LogP contribution in [0.4, 0.5) is 8.78 Å². The molecule has 2 heteroatoms. The topological polar surface area (TPSA) is 0 Å². The van der Waals surface area contributed by atoms with E-state index >= 15 is 0 Å². The number of rotatable bonds is 12. The Morgan fingerprint density at radius 3 is 1.37 bits per heavy atom. The van der Waals surface area contributed by atoms with Gasteiger partial charge in [-0.05, 0) is 73.2 Å². The minimum Gasteiger partial charge on any atom is -0.205 e. The van der Waals surface area contributed by atoms with Crippen LogP contribution in [-0.2, 0) is 12.8 Å². The van der Waals surface area contributed by atoms with E-state index in [2.05, 4.69) is 49.7 Å². The Morgan fingerprint density at radius 1 is 0.474 bits per heavy atom. The molecule has 0 bridgehead atoms. The molecule has 3 rings (SSSR count). The van der Waals surface area contributed by atoms with E-state index in [1.165, 1.54) is 87.5 Å². The summed E-state index contributed by atoms with van der Waals surface area (Å²) >= 11 is 0. The summed E-state index contributed by atoms with van der Waals surface area (Å²) in [6, 6.07) is 18.6. The number of halogens is 2. The zero-order chi connectivity index (χ0) is 27.0. The lowest BCUT2D eigenvalue weighted by Gasteiger charge is -2.02. The van der Waals surface area contributed by atoms with E-state index in [1.807, 2.05) is 36.4 Å². The molecular formula is C36H40F2. The van der Waals surface area contributed by atoms with Crippen LogP contribution in [0.25, 0.3) is 0 Å². The molecule has 0 unspecified atom stereocenters. The van der Waals surface area contributed by atoms with Crippen molar-refractivity contribution in [1.29, 1.82) is 0 Å². The van der Waals surface area contributed by atoms with Crippen molar-refractivity contribution in [2.24, 2.45) is 0 Å². The van der Waals surface area contributed by atoms with Crippen molar-refractivity contribution in [1.82, 2.24) is 0 Å². The Kier molecular flexibility index (Phi) is 12.7. The largest absolute Gasteiger partial charge is 0.205 e. The van der Waals surface area contributed by atoms with Gasteiger partial charge in [-0.1, -0.05) is 113 Å². The molecular weight excluding hydrogens is 470 g/mol. The van der Waals surface area contributed by atoms with Gasteiger partial charge in [-0.2, -0.15) is 0 Å². The van der Waals surface area contributed by atoms with Crippen LogP contribution in [0.1, 0.15) is 111 Å². The van der Waals surface area contributed by atoms with Gasteiger partial charge in [-0.25, -0.2) is 8.78 Å². The minimum absolute atomic E-state index is 0.224. The molecule has 0 spiro atoms. The predicted molar refractivity (Wildman–Crippen MR) is 156 cm³/mol. The normalized spacial score (nSPS) is 10.4. The maximum absolute atomic E-state index is 14.7. The fourth-order valence-electron chi connectivity index (χ4n) is 4.42. The highest BCUT2D eigenvalue weighted by molar-refractivity contribution is 5.49. The molecule has 0 heterocycles. The summed E-state index contributed by atoms with van der Waals surface area (Å²) in [4.78, 5) is 0. The zero-order valence-corrected chi connectivity index (χ0v) is 23.0. The minimum atomic E-state index is -0.691. The molecule has 198 valence electrons. The summed E-state index contributed by atoms with van der Waals surface area (Å²) in [7, 11) is 0. The molecule has 0 aromatic heterocycles. The van der Waals surface area contributed by atoms with Crippen molar-refractivity contribution in [3.8, 4) is 23.7 Å². The van der Waals surface area contributed by atoms with Gasteiger partial charge in [0.1, 0.15) is 11.6 Å². The molecule has 0 fully saturated rings. The van der Waals surface area contributed by atoms with Crippen molar-refractivity contribution in [3.63, 3.8) is 0 Å². The molecule has 0 saturated carbocycles. The van der Waals surface area contributed by atoms with Crippen LogP contribution in [0.3, 0.4) is 0 Å². The van der Waals surface area contributed by atoms with E-state index in [4.69, 9.17) is 0 Å². The van der Waals surface area contributed by atoms with E-state index in [9.17, 15) is 8.78 Å². The quantitative estimate of drug-likeness (QED) is 0.168. The third-order valence-corrected chi connectivity index (χ3v) is 6.77. The molecule has 3 aromatic carbocycles.